The highest BCUT2D eigenvalue weighted by Crippen LogP contribution is 2.22. The lowest BCUT2D eigenvalue weighted by atomic mass is 10.0. The number of benzene rings is 2. The van der Waals surface area contributed by atoms with E-state index >= 15 is 0 Å². The van der Waals surface area contributed by atoms with Gasteiger partial charge in [-0.3, -0.25) is 81.7 Å². The molecule has 0 radical (unpaired) electrons. The number of aliphatic imine (C=N–C) groups is 1. The number of nitrogens with two attached hydrogens (primary N) is 6. The number of nitrogens with zero attached hydrogens (tertiary/aromatic N) is 4. The predicted molar refractivity (Wildman–Crippen MR) is 364 cm³/mol. The number of carbonyl (C=O) groups excluding carboxylic acids is 16. The van der Waals surface area contributed by atoms with E-state index in [4.69, 9.17) is 34.4 Å². The Morgan fingerprint density at radius 3 is 1.52 bits per heavy atom. The Balaban J connectivity index is 1.34. The summed E-state index contributed by atoms with van der Waals surface area (Å²) >= 11 is 0. The van der Waals surface area contributed by atoms with Gasteiger partial charge in [0.05, 0.1) is 32.4 Å². The molecule has 40 heteroatoms. The minimum Gasteiger partial charge on any atom is -0.508 e. The molecule has 2 fully saturated rings. The van der Waals surface area contributed by atoms with Crippen LogP contribution >= 0.6 is 0 Å². The minimum absolute atomic E-state index is 0.00169. The van der Waals surface area contributed by atoms with E-state index in [0.717, 1.165) is 9.80 Å². The van der Waals surface area contributed by atoms with Crippen LogP contribution in [-0.2, 0) is 96.0 Å². The summed E-state index contributed by atoms with van der Waals surface area (Å²) in [5.41, 5.74) is 34.1. The molecule has 3 heterocycles. The zero-order valence-electron chi connectivity index (χ0n) is 57.1. The van der Waals surface area contributed by atoms with E-state index in [1.807, 2.05) is 0 Å². The van der Waals surface area contributed by atoms with Gasteiger partial charge in [-0.1, -0.05) is 42.5 Å². The molecule has 566 valence electrons. The van der Waals surface area contributed by atoms with E-state index in [9.17, 15) is 92.0 Å². The summed E-state index contributed by atoms with van der Waals surface area (Å²) in [5.74, 6) is -16.7. The highest BCUT2D eigenvalue weighted by Gasteiger charge is 2.42. The van der Waals surface area contributed by atoms with E-state index < -0.39 is 206 Å². The van der Waals surface area contributed by atoms with Gasteiger partial charge >= 0.3 is 0 Å². The Labute approximate surface area is 595 Å². The van der Waals surface area contributed by atoms with Gasteiger partial charge in [-0.25, -0.2) is 4.98 Å². The number of carbonyl (C=O) groups is 16. The van der Waals surface area contributed by atoms with Crippen LogP contribution in [0.1, 0.15) is 94.9 Å². The number of hydrogen-bond donors (Lipinski definition) is 20. The molecule has 104 heavy (non-hydrogen) atoms. The number of phenolic OH excluding ortho intramolecular Hbond substituents is 1. The van der Waals surface area contributed by atoms with Crippen LogP contribution in [0.3, 0.4) is 0 Å². The summed E-state index contributed by atoms with van der Waals surface area (Å²) in [4.78, 5) is 229. The molecule has 2 aromatic carbocycles. The number of aromatic nitrogens is 2. The van der Waals surface area contributed by atoms with E-state index in [1.165, 1.54) is 50.6 Å². The first-order valence-electron chi connectivity index (χ1n) is 33.1. The van der Waals surface area contributed by atoms with E-state index in [2.05, 4.69) is 68.1 Å². The summed E-state index contributed by atoms with van der Waals surface area (Å²) in [6, 6.07) is -4.97. The normalized spacial score (nSPS) is 16.8. The van der Waals surface area contributed by atoms with Crippen molar-refractivity contribution in [3.8, 4) is 5.75 Å². The highest BCUT2D eigenvalue weighted by molar-refractivity contribution is 6.01. The van der Waals surface area contributed by atoms with Crippen LogP contribution < -0.4 is 87.6 Å². The lowest BCUT2D eigenvalue weighted by Gasteiger charge is -2.31. The Morgan fingerprint density at radius 2 is 0.981 bits per heavy atom. The summed E-state index contributed by atoms with van der Waals surface area (Å²) in [7, 11) is 0. The van der Waals surface area contributed by atoms with E-state index in [0.29, 0.717) is 17.5 Å². The monoisotopic (exact) mass is 1460 g/mol. The maximum Gasteiger partial charge on any atom is 0.248 e. The molecule has 5 rings (SSSR count). The summed E-state index contributed by atoms with van der Waals surface area (Å²) in [6.45, 7) is 0.166. The lowest BCUT2D eigenvalue weighted by molar-refractivity contribution is -0.143. The van der Waals surface area contributed by atoms with Crippen LogP contribution in [0.4, 0.5) is 0 Å². The number of guanidine groups is 1. The van der Waals surface area contributed by atoms with Crippen molar-refractivity contribution in [3.63, 3.8) is 0 Å². The molecule has 0 bridgehead atoms. The van der Waals surface area contributed by atoms with Crippen molar-refractivity contribution in [2.45, 2.75) is 170 Å². The van der Waals surface area contributed by atoms with Crippen LogP contribution in [0, 0.1) is 0 Å². The maximum atomic E-state index is 14.9. The fourth-order valence-electron chi connectivity index (χ4n) is 11.3. The van der Waals surface area contributed by atoms with Gasteiger partial charge in [0.2, 0.25) is 94.5 Å². The smallest absolute Gasteiger partial charge is 0.248 e. The van der Waals surface area contributed by atoms with Crippen molar-refractivity contribution in [3.05, 3.63) is 83.9 Å². The van der Waals surface area contributed by atoms with Gasteiger partial charge < -0.3 is 118 Å². The van der Waals surface area contributed by atoms with Crippen LogP contribution in [0.15, 0.2) is 72.1 Å². The SMILES string of the molecule is CC(=O)N[C@@H](Cc1ccccc1)C(=O)N[C@@H](CCCN=C(N)N)C(=O)N[C@@H](CCC(N)=O)C(=O)N[C@@H](C)C(=O)N[C@@H](Cc1ccc(O)cc1)C(=O)N[C@@H](Cc1cnc[nH]1)C(=O)N1CCC[C@H]1C(=O)N[C@@H](CC(N)=O)C(=O)N[C@@H](CC(N)=O)C(=O)N[C@@H](CO)C(=O)N[C@@H](CO)C(=O)N1CCC[C@H]1C(N)=O. The number of hydrogen-bond acceptors (Lipinski definition) is 21. The van der Waals surface area contributed by atoms with Gasteiger partial charge in [-0.2, -0.15) is 0 Å². The van der Waals surface area contributed by atoms with Crippen LogP contribution in [0.2, 0.25) is 0 Å². The van der Waals surface area contributed by atoms with E-state index in [1.54, 1.807) is 30.3 Å². The topological polar surface area (TPSA) is 658 Å². The average Bonchev–Trinajstić information content (AvgIpc) is 1.55. The largest absolute Gasteiger partial charge is 0.508 e. The first kappa shape index (κ1) is 82.8. The number of aromatic amines is 1. The molecule has 12 atom stereocenters. The maximum absolute atomic E-state index is 14.9. The first-order valence-corrected chi connectivity index (χ1v) is 33.1. The highest BCUT2D eigenvalue weighted by atomic mass is 16.3. The second-order valence-corrected chi connectivity index (χ2v) is 24.8. The third kappa shape index (κ3) is 26.3. The molecule has 1 aromatic heterocycles. The van der Waals surface area contributed by atoms with Gasteiger partial charge in [0.1, 0.15) is 78.3 Å². The third-order valence-electron chi connectivity index (χ3n) is 16.6. The number of likely N-dealkylation sites (tertiary alicyclic amines) is 2. The molecule has 2 aliphatic heterocycles. The number of aromatic hydroxyl groups is 1. The molecule has 0 aliphatic carbocycles. The third-order valence-corrected chi connectivity index (χ3v) is 16.6. The van der Waals surface area contributed by atoms with Crippen molar-refractivity contribution in [2.75, 3.05) is 32.8 Å². The van der Waals surface area contributed by atoms with Crippen molar-refractivity contribution < 1.29 is 92.0 Å². The van der Waals surface area contributed by atoms with Crippen molar-refractivity contribution in [2.24, 2.45) is 39.4 Å². The number of nitrogens with one attached hydrogen (secondary N) is 11. The Morgan fingerprint density at radius 1 is 0.519 bits per heavy atom. The van der Waals surface area contributed by atoms with Gasteiger partial charge in [0.15, 0.2) is 5.96 Å². The van der Waals surface area contributed by atoms with Gasteiger partial charge in [0.25, 0.3) is 0 Å². The Kier molecular flexibility index (Phi) is 32.3. The standard InChI is InChI=1S/C64H91N21O19/c1-32(74-54(95)39(18-19-49(65)90)77-55(96)38(11-6-20-72-64(69)70)76-56(97)40(75-33(2)88)23-34-9-4-3-5-10-34)53(94)78-41(24-35-14-16-37(89)17-15-35)57(98)81-44(25-36-28-71-31-73-36)62(103)85-22-8-13-48(85)61(102)80-43(27-51(67)92)58(99)79-42(26-50(66)91)59(100)82-45(29-86)60(101)83-46(30-87)63(104)84-21-7-12-47(84)52(68)93/h3-5,9-10,14-17,28,31-32,38-48,86-87,89H,6-8,11-13,18-27,29-30H2,1-2H3,(H2,65,90)(H2,66,91)(H2,67,92)(H2,68,93)(H,71,73)(H,74,95)(H,75,88)(H,76,97)(H,77,96)(H,78,94)(H,79,99)(H,80,102)(H,81,98)(H,82,100)(H,83,101)(H4,69,70,72)/t32-,38-,39-,40-,41-,42-,43-,44-,45-,46-,47-,48-/m0/s1. The zero-order chi connectivity index (χ0) is 76.9. The predicted octanol–water partition coefficient (Wildman–Crippen LogP) is -9.45. The second-order valence-electron chi connectivity index (χ2n) is 24.8. The fourth-order valence-corrected chi connectivity index (χ4v) is 11.3. The molecule has 2 aliphatic rings. The Bertz CT molecular complexity index is 3600. The molecule has 0 spiro atoms. The zero-order valence-corrected chi connectivity index (χ0v) is 57.1. The number of aliphatic hydroxyl groups is 2. The van der Waals surface area contributed by atoms with Gasteiger partial charge in [-0.05, 0) is 75.1 Å². The number of imidazole rings is 1. The summed E-state index contributed by atoms with van der Waals surface area (Å²) < 4.78 is 0. The van der Waals surface area contributed by atoms with Gasteiger partial charge in [-0.15, -0.1) is 0 Å². The number of primary amides is 4. The molecule has 0 unspecified atom stereocenters. The fraction of sp³-hybridized carbons (Fsp3) is 0.500. The molecule has 2 saturated heterocycles. The number of amides is 16. The van der Waals surface area contributed by atoms with Crippen LogP contribution in [-0.4, -0.2) is 241 Å². The quantitative estimate of drug-likeness (QED) is 0.0142. The number of phenols is 1. The molecule has 26 N–H and O–H groups in total. The number of rotatable bonds is 41. The number of H-pyrrole nitrogens is 1. The van der Waals surface area contributed by atoms with Crippen LogP contribution in [0.5, 0.6) is 5.75 Å². The average molecular weight is 1460 g/mol. The molecular weight excluding hydrogens is 1370 g/mol. The lowest BCUT2D eigenvalue weighted by Crippen LogP contribution is -2.61. The van der Waals surface area contributed by atoms with Crippen molar-refractivity contribution in [1.29, 1.82) is 0 Å². The summed E-state index contributed by atoms with van der Waals surface area (Å²) in [6.07, 6.45) is -0.280. The molecule has 3 aromatic rings. The second kappa shape index (κ2) is 40.6. The van der Waals surface area contributed by atoms with E-state index in [-0.39, 0.29) is 88.4 Å². The first-order chi connectivity index (χ1) is 49.3. The number of aliphatic hydroxyl groups excluding tert-OH is 2. The molecule has 0 saturated carbocycles. The summed E-state index contributed by atoms with van der Waals surface area (Å²) in [5, 5.41) is 54.4. The minimum atomic E-state index is -2.00. The van der Waals surface area contributed by atoms with Gasteiger partial charge in [0, 0.05) is 64.1 Å². The molecule has 16 amide bonds. The molecular formula is C64H91N21O19. The van der Waals surface area contributed by atoms with Crippen LogP contribution in [0.25, 0.3) is 0 Å². The Hall–Kier alpha value is -11.8. The van der Waals surface area contributed by atoms with Crippen molar-refractivity contribution in [1.82, 2.24) is 72.9 Å². The molecule has 40 nitrogen and oxygen atoms in total. The van der Waals surface area contributed by atoms with Crippen molar-refractivity contribution >= 4 is 100 Å².